The maximum absolute atomic E-state index is 12.8. The number of carbonyl (C=O) groups is 3. The van der Waals surface area contributed by atoms with Crippen LogP contribution in [0.1, 0.15) is 34.6 Å². The highest BCUT2D eigenvalue weighted by atomic mass is 32.2. The van der Waals surface area contributed by atoms with Gasteiger partial charge >= 0.3 is 5.97 Å². The summed E-state index contributed by atoms with van der Waals surface area (Å²) < 4.78 is 0. The number of rotatable bonds is 6. The Morgan fingerprint density at radius 1 is 1.27 bits per heavy atom. The van der Waals surface area contributed by atoms with E-state index in [2.05, 4.69) is 0 Å². The number of carbonyl (C=O) groups excluding carboxylic acids is 2. The minimum Gasteiger partial charge on any atom is -0.478 e. The van der Waals surface area contributed by atoms with Gasteiger partial charge in [0.2, 0.25) is 5.91 Å². The molecule has 1 aromatic carbocycles. The SMILES string of the molecule is CCN(CC)C(=O)C1CSCN1C(=O)c1cc(C(=O)O)cc([N+](=O)[O-])c1. The molecule has 0 aliphatic carbocycles. The fraction of sp³-hybridized carbons (Fsp3) is 0.438. The standard InChI is InChI=1S/C16H19N3O6S/c1-3-17(4-2)15(21)13-8-26-9-18(13)14(20)10-5-11(16(22)23)7-12(6-10)19(24)25/h5-7,13H,3-4,8-9H2,1-2H3,(H,22,23). The molecule has 2 rings (SSSR count). The van der Waals surface area contributed by atoms with Crippen molar-refractivity contribution in [2.24, 2.45) is 0 Å². The van der Waals surface area contributed by atoms with Crippen LogP contribution < -0.4 is 0 Å². The molecule has 0 radical (unpaired) electrons. The van der Waals surface area contributed by atoms with Crippen LogP contribution in [0.5, 0.6) is 0 Å². The number of thioether (sulfide) groups is 1. The van der Waals surface area contributed by atoms with Gasteiger partial charge in [0, 0.05) is 36.5 Å². The van der Waals surface area contributed by atoms with E-state index in [-0.39, 0.29) is 22.9 Å². The van der Waals surface area contributed by atoms with Crippen LogP contribution >= 0.6 is 11.8 Å². The van der Waals surface area contributed by atoms with Gasteiger partial charge in [-0.2, -0.15) is 0 Å². The van der Waals surface area contributed by atoms with Gasteiger partial charge in [0.05, 0.1) is 16.4 Å². The quantitative estimate of drug-likeness (QED) is 0.588. The van der Waals surface area contributed by atoms with Crippen molar-refractivity contribution in [2.45, 2.75) is 19.9 Å². The van der Waals surface area contributed by atoms with Crippen LogP contribution in [0, 0.1) is 10.1 Å². The summed E-state index contributed by atoms with van der Waals surface area (Å²) in [7, 11) is 0. The molecule has 26 heavy (non-hydrogen) atoms. The Kier molecular flexibility index (Phi) is 6.19. The van der Waals surface area contributed by atoms with Gasteiger partial charge in [0.15, 0.2) is 0 Å². The summed E-state index contributed by atoms with van der Waals surface area (Å²) in [6.45, 7) is 4.71. The van der Waals surface area contributed by atoms with Gasteiger partial charge < -0.3 is 14.9 Å². The number of carboxylic acids is 1. The summed E-state index contributed by atoms with van der Waals surface area (Å²) in [4.78, 5) is 49.9. The fourth-order valence-electron chi connectivity index (χ4n) is 2.72. The predicted octanol–water partition coefficient (Wildman–Crippen LogP) is 1.68. The van der Waals surface area contributed by atoms with Gasteiger partial charge in [0.1, 0.15) is 6.04 Å². The lowest BCUT2D eigenvalue weighted by Gasteiger charge is -2.28. The van der Waals surface area contributed by atoms with Crippen molar-refractivity contribution in [3.63, 3.8) is 0 Å². The zero-order valence-corrected chi connectivity index (χ0v) is 15.2. The first kappa shape index (κ1) is 19.7. The summed E-state index contributed by atoms with van der Waals surface area (Å²) >= 11 is 1.41. The van der Waals surface area contributed by atoms with Crippen LogP contribution in [0.2, 0.25) is 0 Å². The van der Waals surface area contributed by atoms with Crippen LogP contribution in [-0.2, 0) is 4.79 Å². The molecular formula is C16H19N3O6S. The summed E-state index contributed by atoms with van der Waals surface area (Å²) in [5.41, 5.74) is -0.941. The molecule has 2 amide bonds. The molecule has 0 bridgehead atoms. The van der Waals surface area contributed by atoms with Gasteiger partial charge in [-0.3, -0.25) is 19.7 Å². The highest BCUT2D eigenvalue weighted by molar-refractivity contribution is 7.99. The largest absolute Gasteiger partial charge is 0.478 e. The molecule has 1 unspecified atom stereocenters. The molecule has 1 aliphatic heterocycles. The van der Waals surface area contributed by atoms with Gasteiger partial charge in [-0.05, 0) is 19.9 Å². The van der Waals surface area contributed by atoms with E-state index in [9.17, 15) is 24.5 Å². The van der Waals surface area contributed by atoms with Crippen molar-refractivity contribution in [1.29, 1.82) is 0 Å². The maximum atomic E-state index is 12.8. The average molecular weight is 381 g/mol. The van der Waals surface area contributed by atoms with E-state index in [1.807, 2.05) is 13.8 Å². The van der Waals surface area contributed by atoms with Crippen LogP contribution in [-0.4, -0.2) is 68.4 Å². The van der Waals surface area contributed by atoms with Crippen LogP contribution in [0.25, 0.3) is 0 Å². The third kappa shape index (κ3) is 3.96. The molecule has 10 heteroatoms. The van der Waals surface area contributed by atoms with E-state index >= 15 is 0 Å². The lowest BCUT2D eigenvalue weighted by molar-refractivity contribution is -0.384. The van der Waals surface area contributed by atoms with Crippen molar-refractivity contribution >= 4 is 35.2 Å². The molecule has 0 saturated carbocycles. The highest BCUT2D eigenvalue weighted by Gasteiger charge is 2.37. The normalized spacial score (nSPS) is 16.4. The summed E-state index contributed by atoms with van der Waals surface area (Å²) in [5, 5.41) is 20.2. The second-order valence-corrected chi connectivity index (χ2v) is 6.63. The second-order valence-electron chi connectivity index (χ2n) is 5.63. The summed E-state index contributed by atoms with van der Waals surface area (Å²) in [6.07, 6.45) is 0. The highest BCUT2D eigenvalue weighted by Crippen LogP contribution is 2.26. The van der Waals surface area contributed by atoms with Crippen LogP contribution in [0.15, 0.2) is 18.2 Å². The maximum Gasteiger partial charge on any atom is 0.335 e. The Bertz CT molecular complexity index is 717. The molecule has 1 aromatic rings. The summed E-state index contributed by atoms with van der Waals surface area (Å²) in [6, 6.07) is 2.37. The molecule has 1 fully saturated rings. The fourth-order valence-corrected chi connectivity index (χ4v) is 3.87. The van der Waals surface area contributed by atoms with Gasteiger partial charge in [-0.1, -0.05) is 0 Å². The van der Waals surface area contributed by atoms with Gasteiger partial charge in [-0.25, -0.2) is 4.79 Å². The molecule has 0 spiro atoms. The molecular weight excluding hydrogens is 362 g/mol. The van der Waals surface area contributed by atoms with Crippen molar-refractivity contribution in [3.8, 4) is 0 Å². The van der Waals surface area contributed by atoms with Crippen molar-refractivity contribution in [1.82, 2.24) is 9.80 Å². The lowest BCUT2D eigenvalue weighted by atomic mass is 10.1. The second kappa shape index (κ2) is 8.17. The number of aromatic carboxylic acids is 1. The lowest BCUT2D eigenvalue weighted by Crippen LogP contribution is -2.49. The Balaban J connectivity index is 2.36. The Hall–Kier alpha value is -2.62. The van der Waals surface area contributed by atoms with Gasteiger partial charge in [0.25, 0.3) is 11.6 Å². The molecule has 0 aromatic heterocycles. The van der Waals surface area contributed by atoms with Crippen LogP contribution in [0.4, 0.5) is 5.69 Å². The average Bonchev–Trinajstić information content (AvgIpc) is 3.11. The number of nitro groups is 1. The third-order valence-corrected chi connectivity index (χ3v) is 5.14. The number of hydrogen-bond acceptors (Lipinski definition) is 6. The number of likely N-dealkylation sites (N-methyl/N-ethyl adjacent to an activating group) is 1. The van der Waals surface area contributed by atoms with E-state index in [4.69, 9.17) is 5.11 Å². The smallest absolute Gasteiger partial charge is 0.335 e. The van der Waals surface area contributed by atoms with E-state index in [0.29, 0.717) is 18.8 Å². The first-order chi connectivity index (χ1) is 12.3. The zero-order valence-electron chi connectivity index (χ0n) is 14.4. The molecule has 1 atom stereocenters. The minimum absolute atomic E-state index is 0.114. The number of nitro benzene ring substituents is 1. The third-order valence-electron chi connectivity index (χ3n) is 4.13. The molecule has 1 saturated heterocycles. The molecule has 140 valence electrons. The molecule has 1 aliphatic rings. The molecule has 9 nitrogen and oxygen atoms in total. The van der Waals surface area contributed by atoms with E-state index in [1.165, 1.54) is 16.7 Å². The van der Waals surface area contributed by atoms with Crippen molar-refractivity contribution in [2.75, 3.05) is 24.7 Å². The number of nitrogens with zero attached hydrogens (tertiary/aromatic N) is 3. The number of non-ortho nitro benzene ring substituents is 1. The predicted molar refractivity (Wildman–Crippen MR) is 95.3 cm³/mol. The number of amides is 2. The zero-order chi connectivity index (χ0) is 19.4. The van der Waals surface area contributed by atoms with E-state index in [0.717, 1.165) is 18.2 Å². The van der Waals surface area contributed by atoms with E-state index in [1.54, 1.807) is 4.90 Å². The van der Waals surface area contributed by atoms with Crippen LogP contribution in [0.3, 0.4) is 0 Å². The van der Waals surface area contributed by atoms with Crippen molar-refractivity contribution < 1.29 is 24.4 Å². The topological polar surface area (TPSA) is 121 Å². The Morgan fingerprint density at radius 2 is 1.88 bits per heavy atom. The number of carboxylic acid groups (broad SMARTS) is 1. The Morgan fingerprint density at radius 3 is 2.42 bits per heavy atom. The van der Waals surface area contributed by atoms with Crippen molar-refractivity contribution in [3.05, 3.63) is 39.4 Å². The van der Waals surface area contributed by atoms with Gasteiger partial charge in [-0.15, -0.1) is 11.8 Å². The monoisotopic (exact) mass is 381 g/mol. The first-order valence-corrected chi connectivity index (χ1v) is 9.15. The minimum atomic E-state index is -1.37. The van der Waals surface area contributed by atoms with E-state index < -0.39 is 28.5 Å². The molecule has 1 N–H and O–H groups in total. The number of benzene rings is 1. The summed E-state index contributed by atoms with van der Waals surface area (Å²) in [5.74, 6) is -1.44. The molecule has 1 heterocycles. The number of hydrogen-bond donors (Lipinski definition) is 1. The first-order valence-electron chi connectivity index (χ1n) is 8.00. The Labute approximate surface area is 154 Å².